The Morgan fingerprint density at radius 2 is 0.962 bits per heavy atom. The summed E-state index contributed by atoms with van der Waals surface area (Å²) >= 11 is -4.79. The van der Waals surface area contributed by atoms with E-state index in [4.69, 9.17) is 0 Å². The number of rotatable bonds is 15. The van der Waals surface area contributed by atoms with Gasteiger partial charge >= 0.3 is 59.1 Å². The Morgan fingerprint density at radius 1 is 0.654 bits per heavy atom. The number of hydrogen-bond donors (Lipinski definition) is 4. The van der Waals surface area contributed by atoms with Crippen molar-refractivity contribution in [3.05, 3.63) is 0 Å². The summed E-state index contributed by atoms with van der Waals surface area (Å²) in [7, 11) is 5.55. The molecule has 8 nitrogen and oxygen atoms in total. The topological polar surface area (TPSA) is 161 Å². The Hall–Kier alpha value is 3.46. The second-order valence-corrected chi connectivity index (χ2v) is 11.6. The fraction of sp³-hybridized carbons (Fsp3) is 1.00. The molecule has 0 fully saturated rings. The molecule has 0 saturated carbocycles. The monoisotopic (exact) mass is 506 g/mol. The van der Waals surface area contributed by atoms with Crippen LogP contribution in [0.5, 0.6) is 0 Å². The van der Waals surface area contributed by atoms with Crippen LogP contribution in [0.25, 0.3) is 0 Å². The van der Waals surface area contributed by atoms with E-state index >= 15 is 0 Å². The third-order valence-electron chi connectivity index (χ3n) is 2.40. The van der Waals surface area contributed by atoms with E-state index < -0.39 is 58.1 Å². The maximum atomic E-state index is 10.4. The van der Waals surface area contributed by atoms with Gasteiger partial charge in [-0.15, -0.1) is 0 Å². The molecule has 0 aliphatic rings. The predicted octanol–water partition coefficient (Wildman–Crippen LogP) is -7.04. The largest absolute Gasteiger partial charge is 1.00 e. The molecule has 26 heavy (non-hydrogen) atoms. The Labute approximate surface area is 218 Å². The molecule has 146 valence electrons. The van der Waals surface area contributed by atoms with E-state index in [-0.39, 0.29) is 70.6 Å². The molecule has 6 atom stereocenters. The Bertz CT molecular complexity index is 351. The number of aliphatic hydroxyl groups excluding tert-OH is 4. The molecule has 0 saturated heterocycles. The molecule has 0 bridgehead atoms. The van der Waals surface area contributed by atoms with Crippen LogP contribution in [-0.2, 0) is 22.2 Å². The van der Waals surface area contributed by atoms with Crippen molar-refractivity contribution in [2.45, 2.75) is 24.4 Å². The summed E-state index contributed by atoms with van der Waals surface area (Å²) in [4.78, 5) is 0. The molecule has 0 amide bonds. The molecule has 0 rings (SSSR count). The van der Waals surface area contributed by atoms with Gasteiger partial charge in [-0.05, 0) is 0 Å². The van der Waals surface area contributed by atoms with Gasteiger partial charge in [0.05, 0.1) is 24.4 Å². The van der Waals surface area contributed by atoms with Crippen molar-refractivity contribution in [3.8, 4) is 0 Å². The quantitative estimate of drug-likeness (QED) is 0.0720. The number of hydrogen-bond acceptors (Lipinski definition) is 12. The van der Waals surface area contributed by atoms with Gasteiger partial charge in [0.1, 0.15) is 0 Å². The van der Waals surface area contributed by atoms with Crippen molar-refractivity contribution in [2.75, 3.05) is 34.5 Å². The van der Waals surface area contributed by atoms with Crippen molar-refractivity contribution < 1.29 is 97.1 Å². The summed E-state index contributed by atoms with van der Waals surface area (Å²) in [5.74, 6) is 0.875. The molecule has 0 heterocycles. The van der Waals surface area contributed by atoms with Crippen molar-refractivity contribution >= 4 is 65.3 Å². The molecule has 0 aromatic heterocycles. The van der Waals surface area contributed by atoms with Gasteiger partial charge in [-0.1, -0.05) is 65.3 Å². The van der Waals surface area contributed by atoms with E-state index in [1.54, 1.807) is 0 Å². The Morgan fingerprint density at radius 3 is 1.23 bits per heavy atom. The molecule has 0 aromatic carbocycles. The van der Waals surface area contributed by atoms with E-state index in [9.17, 15) is 37.9 Å². The van der Waals surface area contributed by atoms with Crippen LogP contribution in [-0.4, -0.2) is 96.9 Å². The minimum absolute atomic E-state index is 0. The smallest absolute Gasteiger partial charge is 0.772 e. The van der Waals surface area contributed by atoms with Crippen molar-refractivity contribution in [3.63, 3.8) is 0 Å². The van der Waals surface area contributed by atoms with E-state index in [1.807, 2.05) is 0 Å². The van der Waals surface area contributed by atoms with Gasteiger partial charge in [0, 0.05) is 34.5 Å². The number of aliphatic hydroxyl groups is 4. The average molecular weight is 507 g/mol. The molecule has 0 aliphatic heterocycles. The molecular weight excluding hydrogens is 486 g/mol. The van der Waals surface area contributed by atoms with Crippen LogP contribution < -0.4 is 59.1 Å². The second-order valence-electron chi connectivity index (χ2n) is 4.42. The summed E-state index contributed by atoms with van der Waals surface area (Å²) < 4.78 is 41.5. The van der Waals surface area contributed by atoms with Gasteiger partial charge in [-0.3, -0.25) is 8.42 Å². The second kappa shape index (κ2) is 21.7. The SMILES string of the molecule is O=S([O-])C[C@@H](O)[C@H](O)CSSCCSSC[C@@H](O)[C@H](O)CS(=O)[O-].[Na+].[Na+]. The van der Waals surface area contributed by atoms with Gasteiger partial charge in [-0.25, -0.2) is 0 Å². The van der Waals surface area contributed by atoms with Crippen molar-refractivity contribution in [2.24, 2.45) is 0 Å². The van der Waals surface area contributed by atoms with Crippen LogP contribution in [0.4, 0.5) is 0 Å². The normalized spacial score (nSPS) is 17.9. The fourth-order valence-corrected chi connectivity index (χ4v) is 7.19. The molecule has 2 unspecified atom stereocenters. The van der Waals surface area contributed by atoms with E-state index in [1.165, 1.54) is 43.2 Å². The fourth-order valence-electron chi connectivity index (χ4n) is 1.14. The zero-order chi connectivity index (χ0) is 18.5. The van der Waals surface area contributed by atoms with Crippen LogP contribution in [0.1, 0.15) is 0 Å². The van der Waals surface area contributed by atoms with Crippen LogP contribution in [0, 0.1) is 0 Å². The third kappa shape index (κ3) is 20.7. The first kappa shape index (κ1) is 34.1. The standard InChI is InChI=1S/C10H22O8S6.2Na/c11-7(9(13)5-23(15)16)3-21-19-1-2-20-22-4-8(12)10(14)6-24(17)18;;/h7-14H,1-6H2,(H,15,16)(H,17,18);;/q;2*+1/p-2/t7-,8-,9-,10-;;/m1../s1. The zero-order valence-corrected chi connectivity index (χ0v) is 23.3. The van der Waals surface area contributed by atoms with Crippen LogP contribution in [0.2, 0.25) is 0 Å². The van der Waals surface area contributed by atoms with Crippen molar-refractivity contribution in [1.29, 1.82) is 0 Å². The summed E-state index contributed by atoms with van der Waals surface area (Å²) in [6.45, 7) is 0. The first-order chi connectivity index (χ1) is 11.2. The Kier molecular flexibility index (Phi) is 28.4. The summed E-state index contributed by atoms with van der Waals surface area (Å²) in [6, 6.07) is 0. The van der Waals surface area contributed by atoms with E-state index in [2.05, 4.69) is 0 Å². The van der Waals surface area contributed by atoms with Gasteiger partial charge in [-0.2, -0.15) is 0 Å². The van der Waals surface area contributed by atoms with Gasteiger partial charge < -0.3 is 29.5 Å². The van der Waals surface area contributed by atoms with Gasteiger partial charge in [0.2, 0.25) is 0 Å². The Balaban J connectivity index is -0.00000264. The van der Waals surface area contributed by atoms with Crippen LogP contribution in [0.15, 0.2) is 0 Å². The minimum atomic E-state index is -2.39. The molecule has 16 heteroatoms. The molecule has 0 aromatic rings. The maximum absolute atomic E-state index is 10.4. The summed E-state index contributed by atoms with van der Waals surface area (Å²) in [6.07, 6.45) is -4.80. The summed E-state index contributed by atoms with van der Waals surface area (Å²) in [5.41, 5.74) is 0. The predicted molar refractivity (Wildman–Crippen MR) is 101 cm³/mol. The summed E-state index contributed by atoms with van der Waals surface area (Å²) in [5, 5.41) is 37.8. The third-order valence-corrected chi connectivity index (χ3v) is 8.73. The molecule has 4 N–H and O–H groups in total. The molecular formula is C10H20Na2O8S6. The molecule has 0 radical (unpaired) electrons. The first-order valence-corrected chi connectivity index (χ1v) is 14.0. The molecule has 0 spiro atoms. The average Bonchev–Trinajstić information content (AvgIpc) is 2.47. The zero-order valence-electron chi connectivity index (χ0n) is 14.4. The van der Waals surface area contributed by atoms with Crippen LogP contribution in [0.3, 0.4) is 0 Å². The van der Waals surface area contributed by atoms with Gasteiger partial charge in [0.25, 0.3) is 0 Å². The van der Waals surface area contributed by atoms with E-state index in [0.717, 1.165) is 11.5 Å². The minimum Gasteiger partial charge on any atom is -0.772 e. The van der Waals surface area contributed by atoms with Gasteiger partial charge in [0.15, 0.2) is 0 Å². The van der Waals surface area contributed by atoms with Crippen molar-refractivity contribution in [1.82, 2.24) is 0 Å². The van der Waals surface area contributed by atoms with Crippen LogP contribution >= 0.6 is 43.2 Å². The molecule has 0 aliphatic carbocycles. The van der Waals surface area contributed by atoms with E-state index in [0.29, 0.717) is 0 Å². The first-order valence-electron chi connectivity index (χ1n) is 6.56. The maximum Gasteiger partial charge on any atom is 1.00 e.